The van der Waals surface area contributed by atoms with E-state index in [4.69, 9.17) is 9.84 Å². The number of nitrogens with one attached hydrogen (secondary N) is 2. The number of methoxy groups -OCH3 is 1. The third kappa shape index (κ3) is 4.16. The van der Waals surface area contributed by atoms with Crippen molar-refractivity contribution in [3.05, 3.63) is 23.8 Å². The molecule has 0 heterocycles. The van der Waals surface area contributed by atoms with Gasteiger partial charge < -0.3 is 15.2 Å². The van der Waals surface area contributed by atoms with Crippen LogP contribution in [-0.4, -0.2) is 45.8 Å². The number of hydrogen-bond donors (Lipinski definition) is 3. The second-order valence-electron chi connectivity index (χ2n) is 4.83. The van der Waals surface area contributed by atoms with Crippen molar-refractivity contribution in [2.45, 2.75) is 23.8 Å². The molecule has 1 aromatic carbocycles. The quantitative estimate of drug-likeness (QED) is 0.615. The number of aromatic carboxylic acids is 1. The molecular formula is C13H18N2O5S. The summed E-state index contributed by atoms with van der Waals surface area (Å²) in [6, 6.07) is 3.95. The van der Waals surface area contributed by atoms with Gasteiger partial charge in [0.15, 0.2) is 0 Å². The third-order valence-electron chi connectivity index (χ3n) is 3.04. The van der Waals surface area contributed by atoms with Gasteiger partial charge in [-0.25, -0.2) is 17.9 Å². The van der Waals surface area contributed by atoms with Gasteiger partial charge in [0, 0.05) is 19.7 Å². The van der Waals surface area contributed by atoms with Gasteiger partial charge in [0.05, 0.1) is 17.9 Å². The Bertz CT molecular complexity index is 625. The van der Waals surface area contributed by atoms with Gasteiger partial charge in [0.1, 0.15) is 4.90 Å². The average molecular weight is 314 g/mol. The normalized spacial score (nSPS) is 14.9. The number of benzene rings is 1. The lowest BCUT2D eigenvalue weighted by molar-refractivity contribution is 0.0696. The molecule has 116 valence electrons. The van der Waals surface area contributed by atoms with Crippen LogP contribution in [0.4, 0.5) is 5.69 Å². The van der Waals surface area contributed by atoms with E-state index >= 15 is 0 Å². The third-order valence-corrected chi connectivity index (χ3v) is 4.60. The van der Waals surface area contributed by atoms with Crippen molar-refractivity contribution in [1.82, 2.24) is 4.72 Å². The lowest BCUT2D eigenvalue weighted by atomic mass is 10.2. The van der Waals surface area contributed by atoms with Gasteiger partial charge in [-0.1, -0.05) is 0 Å². The summed E-state index contributed by atoms with van der Waals surface area (Å²) in [6.07, 6.45) is 1.62. The number of ether oxygens (including phenoxy) is 1. The van der Waals surface area contributed by atoms with Crippen LogP contribution in [-0.2, 0) is 14.8 Å². The molecule has 0 radical (unpaired) electrons. The lowest BCUT2D eigenvalue weighted by Crippen LogP contribution is -2.27. The minimum absolute atomic E-state index is 0.0460. The Kier molecular flexibility index (Phi) is 4.81. The molecule has 3 N–H and O–H groups in total. The first-order chi connectivity index (χ1) is 9.94. The van der Waals surface area contributed by atoms with Crippen LogP contribution >= 0.6 is 0 Å². The largest absolute Gasteiger partial charge is 0.478 e. The fourth-order valence-corrected chi connectivity index (χ4v) is 3.31. The monoisotopic (exact) mass is 314 g/mol. The molecule has 0 bridgehead atoms. The standard InChI is InChI=1S/C13H18N2O5S/c1-20-7-6-14-11-5-2-9(13(16)17)8-12(11)21(18,19)15-10-3-4-10/h2,5,8,10,14-15H,3-4,6-7H2,1H3,(H,16,17). The number of anilines is 1. The molecule has 1 aromatic rings. The van der Waals surface area contributed by atoms with Crippen molar-refractivity contribution < 1.29 is 23.1 Å². The number of carboxylic acid groups (broad SMARTS) is 1. The summed E-state index contributed by atoms with van der Waals surface area (Å²) in [5.74, 6) is -1.17. The van der Waals surface area contributed by atoms with E-state index < -0.39 is 16.0 Å². The topological polar surface area (TPSA) is 105 Å². The van der Waals surface area contributed by atoms with Gasteiger partial charge in [-0.2, -0.15) is 0 Å². The van der Waals surface area contributed by atoms with Gasteiger partial charge in [-0.05, 0) is 31.0 Å². The fourth-order valence-electron chi connectivity index (χ4n) is 1.80. The van der Waals surface area contributed by atoms with E-state index in [9.17, 15) is 13.2 Å². The van der Waals surface area contributed by atoms with Crippen molar-refractivity contribution in [2.24, 2.45) is 0 Å². The van der Waals surface area contributed by atoms with E-state index in [0.29, 0.717) is 18.8 Å². The van der Waals surface area contributed by atoms with Gasteiger partial charge in [0.2, 0.25) is 10.0 Å². The molecule has 0 spiro atoms. The highest BCUT2D eigenvalue weighted by Crippen LogP contribution is 2.27. The van der Waals surface area contributed by atoms with Crippen molar-refractivity contribution in [3.63, 3.8) is 0 Å². The summed E-state index contributed by atoms with van der Waals surface area (Å²) < 4.78 is 32.1. The van der Waals surface area contributed by atoms with E-state index in [2.05, 4.69) is 10.0 Å². The molecule has 0 unspecified atom stereocenters. The number of carboxylic acids is 1. The van der Waals surface area contributed by atoms with E-state index in [0.717, 1.165) is 12.8 Å². The van der Waals surface area contributed by atoms with Crippen LogP contribution in [0.2, 0.25) is 0 Å². The van der Waals surface area contributed by atoms with E-state index in [1.54, 1.807) is 7.11 Å². The van der Waals surface area contributed by atoms with Crippen molar-refractivity contribution in [3.8, 4) is 0 Å². The SMILES string of the molecule is COCCNc1ccc(C(=O)O)cc1S(=O)(=O)NC1CC1. The molecule has 7 nitrogen and oxygen atoms in total. The highest BCUT2D eigenvalue weighted by atomic mass is 32.2. The van der Waals surface area contributed by atoms with E-state index in [1.807, 2.05) is 0 Å². The first-order valence-electron chi connectivity index (χ1n) is 6.56. The van der Waals surface area contributed by atoms with Gasteiger partial charge in [-0.3, -0.25) is 0 Å². The Morgan fingerprint density at radius 3 is 2.71 bits per heavy atom. The van der Waals surface area contributed by atoms with Crippen molar-refractivity contribution >= 4 is 21.7 Å². The maximum atomic E-state index is 12.3. The molecular weight excluding hydrogens is 296 g/mol. The van der Waals surface area contributed by atoms with E-state index in [-0.39, 0.29) is 16.5 Å². The van der Waals surface area contributed by atoms with Gasteiger partial charge in [0.25, 0.3) is 0 Å². The molecule has 1 aliphatic rings. The minimum atomic E-state index is -3.74. The molecule has 0 atom stereocenters. The molecule has 21 heavy (non-hydrogen) atoms. The van der Waals surface area contributed by atoms with Gasteiger partial charge in [-0.15, -0.1) is 0 Å². The molecule has 1 saturated carbocycles. The summed E-state index contributed by atoms with van der Waals surface area (Å²) in [5, 5.41) is 12.0. The lowest BCUT2D eigenvalue weighted by Gasteiger charge is -2.13. The Morgan fingerprint density at radius 2 is 2.14 bits per heavy atom. The second kappa shape index (κ2) is 6.42. The zero-order valence-electron chi connectivity index (χ0n) is 11.6. The van der Waals surface area contributed by atoms with Crippen LogP contribution in [0.3, 0.4) is 0 Å². The summed E-state index contributed by atoms with van der Waals surface area (Å²) >= 11 is 0. The molecule has 0 saturated heterocycles. The first-order valence-corrected chi connectivity index (χ1v) is 8.05. The van der Waals surface area contributed by atoms with Crippen LogP contribution in [0.15, 0.2) is 23.1 Å². The summed E-state index contributed by atoms with van der Waals surface area (Å²) in [4.78, 5) is 11.0. The van der Waals surface area contributed by atoms with Crippen LogP contribution < -0.4 is 10.0 Å². The summed E-state index contributed by atoms with van der Waals surface area (Å²) in [7, 11) is -2.19. The van der Waals surface area contributed by atoms with Crippen LogP contribution in [0.25, 0.3) is 0 Å². The molecule has 0 aromatic heterocycles. The molecule has 2 rings (SSSR count). The smallest absolute Gasteiger partial charge is 0.335 e. The van der Waals surface area contributed by atoms with Crippen molar-refractivity contribution in [1.29, 1.82) is 0 Å². The van der Waals surface area contributed by atoms with Crippen molar-refractivity contribution in [2.75, 3.05) is 25.6 Å². The second-order valence-corrected chi connectivity index (χ2v) is 6.51. The summed E-state index contributed by atoms with van der Waals surface area (Å²) in [5.41, 5.74) is 0.300. The maximum Gasteiger partial charge on any atom is 0.335 e. The van der Waals surface area contributed by atoms with Crippen LogP contribution in [0.1, 0.15) is 23.2 Å². The Labute approximate surface area is 123 Å². The number of rotatable bonds is 8. The predicted octanol–water partition coefficient (Wildman–Crippen LogP) is 0.884. The minimum Gasteiger partial charge on any atom is -0.478 e. The Hall–Kier alpha value is -1.64. The van der Waals surface area contributed by atoms with E-state index in [1.165, 1.54) is 18.2 Å². The fraction of sp³-hybridized carbons (Fsp3) is 0.462. The predicted molar refractivity (Wildman–Crippen MR) is 77.1 cm³/mol. The molecule has 1 aliphatic carbocycles. The highest BCUT2D eigenvalue weighted by molar-refractivity contribution is 7.89. The molecule has 0 aliphatic heterocycles. The average Bonchev–Trinajstić information content (AvgIpc) is 3.22. The number of carbonyl (C=O) groups is 1. The highest BCUT2D eigenvalue weighted by Gasteiger charge is 2.29. The Morgan fingerprint density at radius 1 is 1.43 bits per heavy atom. The molecule has 1 fully saturated rings. The maximum absolute atomic E-state index is 12.3. The molecule has 0 amide bonds. The first kappa shape index (κ1) is 15.7. The van der Waals surface area contributed by atoms with Gasteiger partial charge >= 0.3 is 5.97 Å². The van der Waals surface area contributed by atoms with Crippen LogP contribution in [0, 0.1) is 0 Å². The Balaban J connectivity index is 2.32. The zero-order chi connectivity index (χ0) is 15.5. The van der Waals surface area contributed by atoms with Crippen LogP contribution in [0.5, 0.6) is 0 Å². The summed E-state index contributed by atoms with van der Waals surface area (Å²) in [6.45, 7) is 0.838. The number of sulfonamides is 1. The molecule has 8 heteroatoms. The number of hydrogen-bond acceptors (Lipinski definition) is 5. The zero-order valence-corrected chi connectivity index (χ0v) is 12.4.